The highest BCUT2D eigenvalue weighted by molar-refractivity contribution is 5.78. The number of hydrogen-bond acceptors (Lipinski definition) is 4. The van der Waals surface area contributed by atoms with Gasteiger partial charge in [-0.15, -0.1) is 0 Å². The van der Waals surface area contributed by atoms with Gasteiger partial charge in [-0.05, 0) is 50.7 Å². The maximum atomic E-state index is 12.8. The Morgan fingerprint density at radius 1 is 1.23 bits per heavy atom. The van der Waals surface area contributed by atoms with E-state index in [9.17, 15) is 9.59 Å². The van der Waals surface area contributed by atoms with Crippen LogP contribution in [0.4, 0.5) is 0 Å². The Balaban J connectivity index is 1.45. The minimum Gasteiger partial charge on any atom is -0.335 e. The van der Waals surface area contributed by atoms with Gasteiger partial charge in [-0.2, -0.15) is 0 Å². The number of nitrogens with zero attached hydrogens (tertiary/aromatic N) is 2. The van der Waals surface area contributed by atoms with E-state index in [1.807, 2.05) is 25.1 Å². The lowest BCUT2D eigenvalue weighted by Gasteiger charge is -2.30. The van der Waals surface area contributed by atoms with Gasteiger partial charge in [0.25, 0.3) is 5.56 Å². The highest BCUT2D eigenvalue weighted by Crippen LogP contribution is 2.33. The summed E-state index contributed by atoms with van der Waals surface area (Å²) in [6.45, 7) is 2.95. The maximum absolute atomic E-state index is 12.8. The number of aromatic nitrogens is 2. The first-order valence-corrected chi connectivity index (χ1v) is 9.64. The van der Waals surface area contributed by atoms with Gasteiger partial charge < -0.3 is 15.2 Å². The second-order valence-corrected chi connectivity index (χ2v) is 7.62. The van der Waals surface area contributed by atoms with Crippen LogP contribution in [-0.2, 0) is 11.3 Å². The fourth-order valence-corrected chi connectivity index (χ4v) is 4.48. The summed E-state index contributed by atoms with van der Waals surface area (Å²) in [5.41, 5.74) is 0.522. The van der Waals surface area contributed by atoms with Crippen LogP contribution in [0.15, 0.2) is 29.1 Å². The van der Waals surface area contributed by atoms with Crippen LogP contribution >= 0.6 is 0 Å². The minimum absolute atomic E-state index is 0.149. The molecule has 138 valence electrons. The largest absolute Gasteiger partial charge is 0.335 e. The summed E-state index contributed by atoms with van der Waals surface area (Å²) >= 11 is 0. The molecule has 2 N–H and O–H groups in total. The predicted molar refractivity (Wildman–Crippen MR) is 101 cm³/mol. The molecule has 0 saturated carbocycles. The molecule has 2 atom stereocenters. The minimum atomic E-state index is -0.149. The molecule has 1 aromatic carbocycles. The Labute approximate surface area is 153 Å². The molecule has 2 fully saturated rings. The van der Waals surface area contributed by atoms with Gasteiger partial charge in [-0.1, -0.05) is 12.1 Å². The van der Waals surface area contributed by atoms with E-state index >= 15 is 0 Å². The highest BCUT2D eigenvalue weighted by Gasteiger charge is 2.34. The van der Waals surface area contributed by atoms with Crippen molar-refractivity contribution in [1.29, 1.82) is 0 Å². The molecule has 2 unspecified atom stereocenters. The van der Waals surface area contributed by atoms with Crippen LogP contribution in [0.3, 0.4) is 0 Å². The van der Waals surface area contributed by atoms with E-state index in [2.05, 4.69) is 15.3 Å². The molecule has 2 saturated heterocycles. The molecule has 6 heteroatoms. The van der Waals surface area contributed by atoms with E-state index in [0.717, 1.165) is 12.8 Å². The molecule has 3 heterocycles. The first-order valence-electron chi connectivity index (χ1n) is 9.64. The molecule has 2 aliphatic rings. The number of hydrogen-bond donors (Lipinski definition) is 2. The van der Waals surface area contributed by atoms with Crippen molar-refractivity contribution in [3.05, 3.63) is 40.4 Å². The number of benzene rings is 1. The zero-order valence-corrected chi connectivity index (χ0v) is 15.2. The van der Waals surface area contributed by atoms with E-state index in [0.29, 0.717) is 54.2 Å². The Morgan fingerprint density at radius 3 is 2.69 bits per heavy atom. The Hall–Kier alpha value is -2.21. The normalized spacial score (nSPS) is 24.7. The molecular formula is C20H26N4O2. The van der Waals surface area contributed by atoms with E-state index in [-0.39, 0.29) is 11.5 Å². The number of rotatable bonds is 5. The highest BCUT2D eigenvalue weighted by atomic mass is 16.2. The van der Waals surface area contributed by atoms with Crippen molar-refractivity contribution in [3.8, 4) is 0 Å². The topological polar surface area (TPSA) is 78.1 Å². The molecule has 1 amide bonds. The van der Waals surface area contributed by atoms with E-state index in [1.54, 1.807) is 11.0 Å². The van der Waals surface area contributed by atoms with Gasteiger partial charge in [0.15, 0.2) is 0 Å². The smallest absolute Gasteiger partial charge is 0.258 e. The number of amides is 1. The Bertz CT molecular complexity index is 850. The van der Waals surface area contributed by atoms with Crippen molar-refractivity contribution < 1.29 is 4.79 Å². The molecule has 0 aliphatic carbocycles. The van der Waals surface area contributed by atoms with Crippen LogP contribution < -0.4 is 10.9 Å². The summed E-state index contributed by atoms with van der Waals surface area (Å²) in [5.74, 6) is 1.18. The standard InChI is InChI=1S/C20H26N4O2/c1-2-24(19(25)11-13-9-14-7-8-15(10-13)21-14)12-18-22-17-6-4-3-5-16(17)20(26)23-18/h3-6,13-15,21H,2,7-12H2,1H3,(H,22,23,26). The third kappa shape index (κ3) is 3.51. The summed E-state index contributed by atoms with van der Waals surface area (Å²) in [6, 6.07) is 8.48. The van der Waals surface area contributed by atoms with E-state index < -0.39 is 0 Å². The molecule has 1 aromatic heterocycles. The quantitative estimate of drug-likeness (QED) is 0.863. The molecule has 2 aromatic rings. The molecule has 2 bridgehead atoms. The van der Waals surface area contributed by atoms with Gasteiger partial charge in [0.2, 0.25) is 5.91 Å². The average Bonchev–Trinajstić information content (AvgIpc) is 2.98. The number of para-hydroxylation sites is 1. The molecular weight excluding hydrogens is 328 g/mol. The van der Waals surface area contributed by atoms with Crippen LogP contribution in [0.1, 0.15) is 44.9 Å². The first-order chi connectivity index (χ1) is 12.6. The lowest BCUT2D eigenvalue weighted by molar-refractivity contribution is -0.133. The number of nitrogens with one attached hydrogen (secondary N) is 2. The number of carbonyl (C=O) groups excluding carboxylic acids is 1. The van der Waals surface area contributed by atoms with Crippen molar-refractivity contribution in [3.63, 3.8) is 0 Å². The summed E-state index contributed by atoms with van der Waals surface area (Å²) in [5, 5.41) is 4.20. The van der Waals surface area contributed by atoms with Crippen LogP contribution in [0, 0.1) is 5.92 Å². The zero-order chi connectivity index (χ0) is 18.1. The second kappa shape index (κ2) is 7.19. The predicted octanol–water partition coefficient (Wildman–Crippen LogP) is 2.19. The van der Waals surface area contributed by atoms with Crippen molar-refractivity contribution in [2.75, 3.05) is 6.54 Å². The lowest BCUT2D eigenvalue weighted by Crippen LogP contribution is -2.40. The van der Waals surface area contributed by atoms with E-state index in [4.69, 9.17) is 0 Å². The number of fused-ring (bicyclic) bond motifs is 3. The Kier molecular flexibility index (Phi) is 4.76. The number of H-pyrrole nitrogens is 1. The SMILES string of the molecule is CCN(Cc1nc2ccccc2c(=O)[nH]1)C(=O)CC1CC2CCC(C1)N2. The van der Waals surface area contributed by atoms with E-state index in [1.165, 1.54) is 12.8 Å². The Morgan fingerprint density at radius 2 is 1.96 bits per heavy atom. The van der Waals surface area contributed by atoms with Crippen LogP contribution in [0.25, 0.3) is 10.9 Å². The van der Waals surface area contributed by atoms with Crippen molar-refractivity contribution in [2.45, 2.75) is 57.7 Å². The fraction of sp³-hybridized carbons (Fsp3) is 0.550. The maximum Gasteiger partial charge on any atom is 0.258 e. The zero-order valence-electron chi connectivity index (χ0n) is 15.2. The average molecular weight is 354 g/mol. The second-order valence-electron chi connectivity index (χ2n) is 7.62. The van der Waals surface area contributed by atoms with Crippen molar-refractivity contribution >= 4 is 16.8 Å². The van der Waals surface area contributed by atoms with Crippen LogP contribution in [0.2, 0.25) is 0 Å². The molecule has 4 rings (SSSR count). The van der Waals surface area contributed by atoms with Crippen LogP contribution in [-0.4, -0.2) is 39.4 Å². The van der Waals surface area contributed by atoms with Gasteiger partial charge in [0.05, 0.1) is 17.4 Å². The fourth-order valence-electron chi connectivity index (χ4n) is 4.48. The van der Waals surface area contributed by atoms with Crippen LogP contribution in [0.5, 0.6) is 0 Å². The number of carbonyl (C=O) groups is 1. The van der Waals surface area contributed by atoms with Gasteiger partial charge in [0, 0.05) is 25.0 Å². The first kappa shape index (κ1) is 17.2. The van der Waals surface area contributed by atoms with Crippen molar-refractivity contribution in [2.24, 2.45) is 5.92 Å². The van der Waals surface area contributed by atoms with Gasteiger partial charge >= 0.3 is 0 Å². The number of aromatic amines is 1. The molecule has 26 heavy (non-hydrogen) atoms. The van der Waals surface area contributed by atoms with Gasteiger partial charge in [-0.3, -0.25) is 9.59 Å². The number of piperidine rings is 1. The monoisotopic (exact) mass is 354 g/mol. The third-order valence-corrected chi connectivity index (χ3v) is 5.77. The molecule has 0 radical (unpaired) electrons. The van der Waals surface area contributed by atoms with Gasteiger partial charge in [0.1, 0.15) is 5.82 Å². The molecule has 0 spiro atoms. The lowest BCUT2D eigenvalue weighted by atomic mass is 9.89. The summed E-state index contributed by atoms with van der Waals surface area (Å²) in [4.78, 5) is 34.2. The molecule has 6 nitrogen and oxygen atoms in total. The summed E-state index contributed by atoms with van der Waals surface area (Å²) in [7, 11) is 0. The van der Waals surface area contributed by atoms with Gasteiger partial charge in [-0.25, -0.2) is 4.98 Å². The summed E-state index contributed by atoms with van der Waals surface area (Å²) < 4.78 is 0. The third-order valence-electron chi connectivity index (χ3n) is 5.77. The van der Waals surface area contributed by atoms with Crippen molar-refractivity contribution in [1.82, 2.24) is 20.2 Å². The summed E-state index contributed by atoms with van der Waals surface area (Å²) in [6.07, 6.45) is 5.29. The molecule has 2 aliphatic heterocycles.